The Morgan fingerprint density at radius 3 is 2.82 bits per heavy atom. The normalized spacial score (nSPS) is 9.47. The van der Waals surface area contributed by atoms with E-state index in [1.165, 1.54) is 11.9 Å². The van der Waals surface area contributed by atoms with E-state index in [1.54, 1.807) is 13.0 Å². The van der Waals surface area contributed by atoms with Crippen LogP contribution in [0.2, 0.25) is 0 Å². The number of nitrogens with one attached hydrogen (secondary N) is 2. The van der Waals surface area contributed by atoms with Crippen LogP contribution < -0.4 is 5.32 Å². The van der Waals surface area contributed by atoms with Crippen molar-refractivity contribution in [1.82, 2.24) is 9.88 Å². The highest BCUT2D eigenvalue weighted by molar-refractivity contribution is 5.99. The number of carboxylic acid groups (broad SMARTS) is 1. The summed E-state index contributed by atoms with van der Waals surface area (Å²) in [6.07, 6.45) is 5.07. The molecule has 1 rings (SSSR count). The molecule has 0 aliphatic rings. The van der Waals surface area contributed by atoms with Crippen LogP contribution in [0.5, 0.6) is 0 Å². The first kappa shape index (κ1) is 12.6. The third-order valence-electron chi connectivity index (χ3n) is 2.08. The van der Waals surface area contributed by atoms with Gasteiger partial charge in [0.05, 0.1) is 12.2 Å². The summed E-state index contributed by atoms with van der Waals surface area (Å²) in [5.74, 6) is 1.19. The number of nitrogens with zero attached hydrogens (tertiary/aromatic N) is 1. The standard InChI is InChI=1S/C11H13N3O3/c1-4-5-14(3)11(17)13-8-6-7(2)12-9(8)10(15)16/h1,6,12H,5H2,2-3H3,(H,13,17)(H,15,16). The molecule has 6 nitrogen and oxygen atoms in total. The van der Waals surface area contributed by atoms with Crippen molar-refractivity contribution in [3.05, 3.63) is 17.5 Å². The minimum atomic E-state index is -1.13. The number of aromatic carboxylic acids is 1. The fraction of sp³-hybridized carbons (Fsp3) is 0.273. The second-order valence-corrected chi connectivity index (χ2v) is 3.54. The summed E-state index contributed by atoms with van der Waals surface area (Å²) in [4.78, 5) is 26.4. The zero-order valence-electron chi connectivity index (χ0n) is 9.57. The van der Waals surface area contributed by atoms with Crippen LogP contribution in [0.15, 0.2) is 6.07 Å². The van der Waals surface area contributed by atoms with Gasteiger partial charge in [0, 0.05) is 12.7 Å². The second-order valence-electron chi connectivity index (χ2n) is 3.54. The number of rotatable bonds is 3. The number of aryl methyl sites for hydroxylation is 1. The Morgan fingerprint density at radius 2 is 2.29 bits per heavy atom. The smallest absolute Gasteiger partial charge is 0.354 e. The number of amides is 2. The van der Waals surface area contributed by atoms with Gasteiger partial charge in [-0.3, -0.25) is 0 Å². The van der Waals surface area contributed by atoms with Gasteiger partial charge in [0.1, 0.15) is 5.69 Å². The predicted molar refractivity (Wildman–Crippen MR) is 63.0 cm³/mol. The van der Waals surface area contributed by atoms with Crippen molar-refractivity contribution in [1.29, 1.82) is 0 Å². The first-order valence-corrected chi connectivity index (χ1v) is 4.84. The van der Waals surface area contributed by atoms with Crippen molar-refractivity contribution in [2.45, 2.75) is 6.92 Å². The lowest BCUT2D eigenvalue weighted by atomic mass is 10.3. The largest absolute Gasteiger partial charge is 0.477 e. The molecule has 0 aliphatic carbocycles. The van der Waals surface area contributed by atoms with E-state index >= 15 is 0 Å². The average molecular weight is 235 g/mol. The van der Waals surface area contributed by atoms with E-state index in [0.717, 1.165) is 0 Å². The zero-order valence-corrected chi connectivity index (χ0v) is 9.57. The van der Waals surface area contributed by atoms with Gasteiger partial charge < -0.3 is 20.3 Å². The van der Waals surface area contributed by atoms with Crippen LogP contribution >= 0.6 is 0 Å². The maximum atomic E-state index is 11.6. The van der Waals surface area contributed by atoms with Gasteiger partial charge in [-0.2, -0.15) is 0 Å². The van der Waals surface area contributed by atoms with E-state index < -0.39 is 12.0 Å². The van der Waals surface area contributed by atoms with Crippen LogP contribution in [-0.2, 0) is 0 Å². The first-order valence-electron chi connectivity index (χ1n) is 4.84. The minimum absolute atomic E-state index is 0.0510. The highest BCUT2D eigenvalue weighted by Gasteiger charge is 2.16. The van der Waals surface area contributed by atoms with E-state index in [0.29, 0.717) is 5.69 Å². The van der Waals surface area contributed by atoms with Crippen LogP contribution in [-0.4, -0.2) is 40.6 Å². The molecule has 2 amide bonds. The molecule has 17 heavy (non-hydrogen) atoms. The van der Waals surface area contributed by atoms with Crippen LogP contribution in [0.3, 0.4) is 0 Å². The predicted octanol–water partition coefficient (Wildman–Crippen LogP) is 1.12. The maximum absolute atomic E-state index is 11.6. The lowest BCUT2D eigenvalue weighted by Crippen LogP contribution is -2.31. The van der Waals surface area contributed by atoms with Gasteiger partial charge in [-0.05, 0) is 13.0 Å². The molecule has 3 N–H and O–H groups in total. The van der Waals surface area contributed by atoms with Crippen molar-refractivity contribution < 1.29 is 14.7 Å². The summed E-state index contributed by atoms with van der Waals surface area (Å²) in [7, 11) is 1.52. The molecule has 1 aromatic rings. The van der Waals surface area contributed by atoms with Crippen LogP contribution in [0, 0.1) is 19.3 Å². The summed E-state index contributed by atoms with van der Waals surface area (Å²) in [6.45, 7) is 1.85. The molecule has 0 fully saturated rings. The van der Waals surface area contributed by atoms with Gasteiger partial charge in [-0.15, -0.1) is 6.42 Å². The van der Waals surface area contributed by atoms with Crippen LogP contribution in [0.25, 0.3) is 0 Å². The zero-order chi connectivity index (χ0) is 13.0. The Labute approximate surface area is 98.6 Å². The molecule has 0 bridgehead atoms. The van der Waals surface area contributed by atoms with Gasteiger partial charge in [-0.25, -0.2) is 9.59 Å². The molecule has 6 heteroatoms. The van der Waals surface area contributed by atoms with Crippen LogP contribution in [0.4, 0.5) is 10.5 Å². The van der Waals surface area contributed by atoms with E-state index in [-0.39, 0.29) is 17.9 Å². The lowest BCUT2D eigenvalue weighted by Gasteiger charge is -2.14. The number of carboxylic acids is 1. The molecule has 0 atom stereocenters. The van der Waals surface area contributed by atoms with Crippen molar-refractivity contribution >= 4 is 17.7 Å². The third kappa shape index (κ3) is 3.01. The maximum Gasteiger partial charge on any atom is 0.354 e. The van der Waals surface area contributed by atoms with Gasteiger partial charge in [0.2, 0.25) is 0 Å². The summed E-state index contributed by atoms with van der Waals surface area (Å²) < 4.78 is 0. The SMILES string of the molecule is C#CCN(C)C(=O)Nc1cc(C)[nH]c1C(=O)O. The number of hydrogen-bond acceptors (Lipinski definition) is 2. The Bertz CT molecular complexity index is 485. The van der Waals surface area contributed by atoms with Crippen LogP contribution in [0.1, 0.15) is 16.2 Å². The first-order chi connectivity index (χ1) is 7.95. The number of carbonyl (C=O) groups is 2. The van der Waals surface area contributed by atoms with Gasteiger partial charge in [0.15, 0.2) is 0 Å². The third-order valence-corrected chi connectivity index (χ3v) is 2.08. The molecular formula is C11H13N3O3. The van der Waals surface area contributed by atoms with E-state index in [4.69, 9.17) is 11.5 Å². The molecule has 1 heterocycles. The fourth-order valence-electron chi connectivity index (χ4n) is 1.28. The summed E-state index contributed by atoms with van der Waals surface area (Å²) in [5, 5.41) is 11.4. The number of aromatic nitrogens is 1. The average Bonchev–Trinajstić information content (AvgIpc) is 2.60. The van der Waals surface area contributed by atoms with Gasteiger partial charge in [-0.1, -0.05) is 5.92 Å². The number of H-pyrrole nitrogens is 1. The Balaban J connectivity index is 2.85. The molecular weight excluding hydrogens is 222 g/mol. The van der Waals surface area contributed by atoms with E-state index in [1.807, 2.05) is 0 Å². The number of terminal acetylenes is 1. The Morgan fingerprint density at radius 1 is 1.65 bits per heavy atom. The number of carbonyl (C=O) groups excluding carboxylic acids is 1. The summed E-state index contributed by atoms with van der Waals surface area (Å²) in [5.41, 5.74) is 0.825. The summed E-state index contributed by atoms with van der Waals surface area (Å²) >= 11 is 0. The van der Waals surface area contributed by atoms with Gasteiger partial charge in [0.25, 0.3) is 0 Å². The molecule has 0 aromatic carbocycles. The molecule has 1 aromatic heterocycles. The highest BCUT2D eigenvalue weighted by Crippen LogP contribution is 2.17. The minimum Gasteiger partial charge on any atom is -0.477 e. The fourth-order valence-corrected chi connectivity index (χ4v) is 1.28. The van der Waals surface area contributed by atoms with Gasteiger partial charge >= 0.3 is 12.0 Å². The van der Waals surface area contributed by atoms with Crippen molar-refractivity contribution in [3.63, 3.8) is 0 Å². The Kier molecular flexibility index (Phi) is 3.78. The quantitative estimate of drug-likeness (QED) is 0.686. The second kappa shape index (κ2) is 5.07. The van der Waals surface area contributed by atoms with Crippen molar-refractivity contribution in [2.75, 3.05) is 18.9 Å². The Hall–Kier alpha value is -2.42. The topological polar surface area (TPSA) is 85.4 Å². The molecule has 0 spiro atoms. The molecule has 0 unspecified atom stereocenters. The highest BCUT2D eigenvalue weighted by atomic mass is 16.4. The molecule has 90 valence electrons. The molecule has 0 radical (unpaired) electrons. The lowest BCUT2D eigenvalue weighted by molar-refractivity contribution is 0.0692. The molecule has 0 aliphatic heterocycles. The van der Waals surface area contributed by atoms with E-state index in [9.17, 15) is 9.59 Å². The van der Waals surface area contributed by atoms with Crippen molar-refractivity contribution in [2.24, 2.45) is 0 Å². The monoisotopic (exact) mass is 235 g/mol. The van der Waals surface area contributed by atoms with Crippen molar-refractivity contribution in [3.8, 4) is 12.3 Å². The number of aromatic amines is 1. The molecule has 0 saturated heterocycles. The number of urea groups is 1. The van der Waals surface area contributed by atoms with E-state index in [2.05, 4.69) is 16.2 Å². The molecule has 0 saturated carbocycles. The summed E-state index contributed by atoms with van der Waals surface area (Å²) in [6, 6.07) is 1.09. The number of anilines is 1. The number of hydrogen-bond donors (Lipinski definition) is 3.